The van der Waals surface area contributed by atoms with Crippen molar-refractivity contribution < 1.29 is 4.79 Å². The molecule has 3 aromatic rings. The van der Waals surface area contributed by atoms with Crippen molar-refractivity contribution in [3.8, 4) is 0 Å². The molecule has 0 atom stereocenters. The summed E-state index contributed by atoms with van der Waals surface area (Å²) in [6.07, 6.45) is 2.23. The number of hydrogen-bond donors (Lipinski definition) is 1. The third-order valence-corrected chi connectivity index (χ3v) is 3.96. The molecule has 0 saturated carbocycles. The average Bonchev–Trinajstić information content (AvgIpc) is 2.93. The lowest BCUT2D eigenvalue weighted by Gasteiger charge is -2.07. The van der Waals surface area contributed by atoms with Crippen molar-refractivity contribution in [3.63, 3.8) is 0 Å². The number of aryl methyl sites for hydroxylation is 2. The number of nitrogens with one attached hydrogen (secondary N) is 1. The molecular formula is C18H18ClN3O. The Morgan fingerprint density at radius 2 is 2.13 bits per heavy atom. The number of fused-ring (bicyclic) bond motifs is 1. The number of aromatic nitrogens is 2. The predicted octanol–water partition coefficient (Wildman–Crippen LogP) is 3.70. The maximum absolute atomic E-state index is 12.0. The topological polar surface area (TPSA) is 46.9 Å². The number of halogens is 1. The predicted molar refractivity (Wildman–Crippen MR) is 92.4 cm³/mol. The average molecular weight is 328 g/mol. The van der Waals surface area contributed by atoms with Crippen molar-refractivity contribution in [2.24, 2.45) is 0 Å². The number of nitrogens with zero attached hydrogens (tertiary/aromatic N) is 2. The Kier molecular flexibility index (Phi) is 4.63. The Balaban J connectivity index is 1.56. The highest BCUT2D eigenvalue weighted by Gasteiger charge is 2.06. The van der Waals surface area contributed by atoms with Crippen LogP contribution in [0.15, 0.2) is 48.7 Å². The molecule has 2 aromatic carbocycles. The second kappa shape index (κ2) is 6.84. The molecule has 1 N–H and O–H groups in total. The van der Waals surface area contributed by atoms with Gasteiger partial charge < -0.3 is 5.32 Å². The van der Waals surface area contributed by atoms with Crippen molar-refractivity contribution in [2.75, 3.05) is 0 Å². The van der Waals surface area contributed by atoms with Crippen molar-refractivity contribution in [3.05, 3.63) is 64.8 Å². The van der Waals surface area contributed by atoms with E-state index in [-0.39, 0.29) is 5.91 Å². The van der Waals surface area contributed by atoms with Gasteiger partial charge in [0, 0.05) is 23.4 Å². The molecule has 0 unspecified atom stereocenters. The molecule has 0 aliphatic carbocycles. The summed E-state index contributed by atoms with van der Waals surface area (Å²) in [5, 5.41) is 9.04. The van der Waals surface area contributed by atoms with Gasteiger partial charge in [-0.2, -0.15) is 5.10 Å². The number of carbonyl (C=O) groups excluding carboxylic acids is 1. The molecule has 0 spiro atoms. The molecule has 4 nitrogen and oxygen atoms in total. The number of rotatable bonds is 5. The first-order valence-electron chi connectivity index (χ1n) is 7.55. The van der Waals surface area contributed by atoms with E-state index in [1.165, 1.54) is 5.56 Å². The molecular weight excluding hydrogens is 310 g/mol. The van der Waals surface area contributed by atoms with Crippen LogP contribution in [-0.2, 0) is 17.9 Å². The Hall–Kier alpha value is -2.33. The van der Waals surface area contributed by atoms with Crippen molar-refractivity contribution in [1.29, 1.82) is 0 Å². The van der Waals surface area contributed by atoms with Crippen LogP contribution < -0.4 is 5.32 Å². The van der Waals surface area contributed by atoms with E-state index in [0.717, 1.165) is 16.5 Å². The third-order valence-electron chi connectivity index (χ3n) is 3.73. The lowest BCUT2D eigenvalue weighted by Crippen LogP contribution is -2.24. The van der Waals surface area contributed by atoms with Crippen LogP contribution in [0.3, 0.4) is 0 Å². The van der Waals surface area contributed by atoms with Crippen molar-refractivity contribution >= 4 is 28.4 Å². The molecule has 0 aliphatic rings. The SMILES string of the molecule is Cc1ccc2c(cnn2CCC(=O)NCc2cccc(Cl)c2)c1. The van der Waals surface area contributed by atoms with Gasteiger partial charge in [-0.05, 0) is 36.8 Å². The summed E-state index contributed by atoms with van der Waals surface area (Å²) < 4.78 is 1.87. The van der Waals surface area contributed by atoms with Gasteiger partial charge in [-0.15, -0.1) is 0 Å². The Morgan fingerprint density at radius 1 is 1.26 bits per heavy atom. The van der Waals surface area contributed by atoms with Gasteiger partial charge in [0.15, 0.2) is 0 Å². The van der Waals surface area contributed by atoms with E-state index in [9.17, 15) is 4.79 Å². The first-order valence-corrected chi connectivity index (χ1v) is 7.93. The first-order chi connectivity index (χ1) is 11.1. The molecule has 1 amide bonds. The van der Waals surface area contributed by atoms with Gasteiger partial charge in [0.05, 0.1) is 18.3 Å². The van der Waals surface area contributed by atoms with Crippen LogP contribution in [0.1, 0.15) is 17.5 Å². The van der Waals surface area contributed by atoms with E-state index < -0.39 is 0 Å². The van der Waals surface area contributed by atoms with Gasteiger partial charge in [-0.25, -0.2) is 0 Å². The summed E-state index contributed by atoms with van der Waals surface area (Å²) in [7, 11) is 0. The standard InChI is InChI=1S/C18H18ClN3O/c1-13-5-6-17-15(9-13)12-21-22(17)8-7-18(23)20-11-14-3-2-4-16(19)10-14/h2-6,9-10,12H,7-8,11H2,1H3,(H,20,23). The summed E-state index contributed by atoms with van der Waals surface area (Å²) >= 11 is 5.93. The maximum Gasteiger partial charge on any atom is 0.222 e. The number of amides is 1. The van der Waals surface area contributed by atoms with E-state index in [1.807, 2.05) is 41.2 Å². The summed E-state index contributed by atoms with van der Waals surface area (Å²) in [5.74, 6) is 0.000683. The first kappa shape index (κ1) is 15.6. The molecule has 0 radical (unpaired) electrons. The van der Waals surface area contributed by atoms with E-state index in [1.54, 1.807) is 0 Å². The van der Waals surface area contributed by atoms with Gasteiger partial charge in [0.2, 0.25) is 5.91 Å². The molecule has 0 bridgehead atoms. The minimum absolute atomic E-state index is 0.000683. The van der Waals surface area contributed by atoms with Crippen LogP contribution in [0.5, 0.6) is 0 Å². The van der Waals surface area contributed by atoms with Crippen molar-refractivity contribution in [1.82, 2.24) is 15.1 Å². The lowest BCUT2D eigenvalue weighted by molar-refractivity contribution is -0.121. The smallest absolute Gasteiger partial charge is 0.222 e. The summed E-state index contributed by atoms with van der Waals surface area (Å²) in [5.41, 5.74) is 3.25. The number of hydrogen-bond acceptors (Lipinski definition) is 2. The van der Waals surface area contributed by atoms with E-state index in [2.05, 4.69) is 29.5 Å². The molecule has 3 rings (SSSR count). The minimum atomic E-state index is 0.000683. The molecule has 118 valence electrons. The fourth-order valence-corrected chi connectivity index (χ4v) is 2.74. The quantitative estimate of drug-likeness (QED) is 0.776. The third kappa shape index (κ3) is 3.90. The van der Waals surface area contributed by atoms with E-state index >= 15 is 0 Å². The maximum atomic E-state index is 12.0. The van der Waals surface area contributed by atoms with E-state index in [0.29, 0.717) is 24.5 Å². The second-order valence-corrected chi connectivity index (χ2v) is 6.02. The number of carbonyl (C=O) groups is 1. The molecule has 0 fully saturated rings. The van der Waals surface area contributed by atoms with Gasteiger partial charge in [-0.3, -0.25) is 9.48 Å². The van der Waals surface area contributed by atoms with Crippen molar-refractivity contribution in [2.45, 2.75) is 26.4 Å². The van der Waals surface area contributed by atoms with Crippen LogP contribution in [0.4, 0.5) is 0 Å². The zero-order valence-corrected chi connectivity index (χ0v) is 13.7. The number of benzene rings is 2. The summed E-state index contributed by atoms with van der Waals surface area (Å²) in [6.45, 7) is 3.10. The van der Waals surface area contributed by atoms with Crippen LogP contribution in [-0.4, -0.2) is 15.7 Å². The van der Waals surface area contributed by atoms with Crippen LogP contribution >= 0.6 is 11.6 Å². The molecule has 0 saturated heterocycles. The normalized spacial score (nSPS) is 10.9. The molecule has 1 heterocycles. The largest absolute Gasteiger partial charge is 0.352 e. The zero-order valence-electron chi connectivity index (χ0n) is 12.9. The molecule has 23 heavy (non-hydrogen) atoms. The van der Waals surface area contributed by atoms with Gasteiger partial charge in [0.25, 0.3) is 0 Å². The molecule has 1 aromatic heterocycles. The zero-order chi connectivity index (χ0) is 16.2. The highest BCUT2D eigenvalue weighted by molar-refractivity contribution is 6.30. The molecule has 5 heteroatoms. The highest BCUT2D eigenvalue weighted by atomic mass is 35.5. The fraction of sp³-hybridized carbons (Fsp3) is 0.222. The minimum Gasteiger partial charge on any atom is -0.352 e. The van der Waals surface area contributed by atoms with Gasteiger partial charge in [0.1, 0.15) is 0 Å². The fourth-order valence-electron chi connectivity index (χ4n) is 2.53. The summed E-state index contributed by atoms with van der Waals surface area (Å²) in [6, 6.07) is 13.7. The Bertz CT molecular complexity index is 841. The Labute approximate surface area is 140 Å². The van der Waals surface area contributed by atoms with Crippen LogP contribution in [0.25, 0.3) is 10.9 Å². The van der Waals surface area contributed by atoms with Gasteiger partial charge >= 0.3 is 0 Å². The van der Waals surface area contributed by atoms with Gasteiger partial charge in [-0.1, -0.05) is 35.4 Å². The summed E-state index contributed by atoms with van der Waals surface area (Å²) in [4.78, 5) is 12.0. The van der Waals surface area contributed by atoms with E-state index in [4.69, 9.17) is 11.6 Å². The second-order valence-electron chi connectivity index (χ2n) is 5.59. The van der Waals surface area contributed by atoms with Crippen LogP contribution in [0.2, 0.25) is 5.02 Å². The lowest BCUT2D eigenvalue weighted by atomic mass is 10.2. The monoisotopic (exact) mass is 327 g/mol. The molecule has 0 aliphatic heterocycles. The highest BCUT2D eigenvalue weighted by Crippen LogP contribution is 2.15. The Morgan fingerprint density at radius 3 is 2.96 bits per heavy atom. The van der Waals surface area contributed by atoms with Crippen LogP contribution in [0, 0.1) is 6.92 Å².